The van der Waals surface area contributed by atoms with E-state index in [0.717, 1.165) is 25.7 Å². The van der Waals surface area contributed by atoms with Crippen molar-refractivity contribution in [1.29, 1.82) is 0 Å². The number of aromatic nitrogens is 1. The Morgan fingerprint density at radius 3 is 2.34 bits per heavy atom. The lowest BCUT2D eigenvalue weighted by Gasteiger charge is -2.48. The molecule has 0 unspecified atom stereocenters. The van der Waals surface area contributed by atoms with Crippen molar-refractivity contribution in [3.8, 4) is 0 Å². The molecule has 29 heavy (non-hydrogen) atoms. The number of nitrogens with one attached hydrogen (secondary N) is 1. The van der Waals surface area contributed by atoms with Crippen LogP contribution in [0.5, 0.6) is 0 Å². The van der Waals surface area contributed by atoms with Crippen molar-refractivity contribution >= 4 is 17.8 Å². The van der Waals surface area contributed by atoms with Crippen LogP contribution in [0.1, 0.15) is 41.6 Å². The molecule has 1 aromatic heterocycles. The standard InChI is InChI=1S/C22H27N5O2/c1-26(2)22(17-6-4-3-5-7-17)12-10-21(11-13-22)15-27(20(29)25-21)18-9-8-16(14-24-18)19(23)28/h3-9,14H,10-13,15H2,1-2H3,(H2,23,28)(H,25,29). The zero-order valence-electron chi connectivity index (χ0n) is 16.9. The highest BCUT2D eigenvalue weighted by atomic mass is 16.2. The molecule has 1 saturated heterocycles. The maximum atomic E-state index is 12.7. The molecule has 1 aromatic carbocycles. The molecular formula is C22H27N5O2. The van der Waals surface area contributed by atoms with E-state index in [4.69, 9.17) is 5.73 Å². The van der Waals surface area contributed by atoms with Gasteiger partial charge in [-0.05, 0) is 57.5 Å². The van der Waals surface area contributed by atoms with Crippen LogP contribution in [0.15, 0.2) is 48.7 Å². The van der Waals surface area contributed by atoms with Crippen LogP contribution in [0.3, 0.4) is 0 Å². The number of carbonyl (C=O) groups excluding carboxylic acids is 2. The molecule has 4 rings (SSSR count). The van der Waals surface area contributed by atoms with E-state index >= 15 is 0 Å². The van der Waals surface area contributed by atoms with Crippen molar-refractivity contribution in [2.24, 2.45) is 5.73 Å². The van der Waals surface area contributed by atoms with Crippen LogP contribution in [0.25, 0.3) is 0 Å². The van der Waals surface area contributed by atoms with E-state index in [1.165, 1.54) is 11.8 Å². The number of pyridine rings is 1. The van der Waals surface area contributed by atoms with Gasteiger partial charge in [-0.15, -0.1) is 0 Å². The predicted molar refractivity (Wildman–Crippen MR) is 112 cm³/mol. The molecule has 2 fully saturated rings. The fourth-order valence-electron chi connectivity index (χ4n) is 4.75. The van der Waals surface area contributed by atoms with E-state index in [9.17, 15) is 9.59 Å². The Bertz CT molecular complexity index is 903. The molecule has 0 atom stereocenters. The smallest absolute Gasteiger partial charge is 0.323 e. The first-order valence-electron chi connectivity index (χ1n) is 9.94. The molecule has 2 aliphatic rings. The number of hydrogen-bond acceptors (Lipinski definition) is 4. The molecule has 3 N–H and O–H groups in total. The van der Waals surface area contributed by atoms with Gasteiger partial charge in [-0.3, -0.25) is 14.6 Å². The molecule has 1 aliphatic carbocycles. The number of rotatable bonds is 4. The zero-order chi connectivity index (χ0) is 20.6. The maximum absolute atomic E-state index is 12.7. The van der Waals surface area contributed by atoms with Gasteiger partial charge in [0.05, 0.1) is 17.6 Å². The van der Waals surface area contributed by atoms with Crippen molar-refractivity contribution in [1.82, 2.24) is 15.2 Å². The third-order valence-electron chi connectivity index (χ3n) is 6.59. The fraction of sp³-hybridized carbons (Fsp3) is 0.409. The van der Waals surface area contributed by atoms with Crippen LogP contribution < -0.4 is 16.0 Å². The lowest BCUT2D eigenvalue weighted by molar-refractivity contribution is 0.0657. The Morgan fingerprint density at radius 1 is 1.10 bits per heavy atom. The third kappa shape index (κ3) is 3.35. The fourth-order valence-corrected chi connectivity index (χ4v) is 4.75. The topological polar surface area (TPSA) is 91.6 Å². The molecule has 152 valence electrons. The van der Waals surface area contributed by atoms with Crippen molar-refractivity contribution in [3.63, 3.8) is 0 Å². The summed E-state index contributed by atoms with van der Waals surface area (Å²) in [6.07, 6.45) is 5.13. The van der Waals surface area contributed by atoms with Gasteiger partial charge in [0.2, 0.25) is 5.91 Å². The quantitative estimate of drug-likeness (QED) is 0.835. The minimum atomic E-state index is -0.528. The Hall–Kier alpha value is -2.93. The summed E-state index contributed by atoms with van der Waals surface area (Å²) in [5, 5.41) is 3.22. The Balaban J connectivity index is 1.53. The van der Waals surface area contributed by atoms with E-state index < -0.39 is 5.91 Å². The molecular weight excluding hydrogens is 366 g/mol. The molecule has 3 amide bonds. The van der Waals surface area contributed by atoms with Gasteiger partial charge in [0, 0.05) is 11.7 Å². The Morgan fingerprint density at radius 2 is 1.79 bits per heavy atom. The monoisotopic (exact) mass is 393 g/mol. The Kier molecular flexibility index (Phi) is 4.78. The van der Waals surface area contributed by atoms with Gasteiger partial charge in [-0.25, -0.2) is 9.78 Å². The minimum Gasteiger partial charge on any atom is -0.366 e. The molecule has 7 heteroatoms. The molecule has 2 heterocycles. The summed E-state index contributed by atoms with van der Waals surface area (Å²) in [6, 6.07) is 13.8. The van der Waals surface area contributed by atoms with E-state index in [1.54, 1.807) is 17.0 Å². The molecule has 1 spiro atoms. The number of carbonyl (C=O) groups is 2. The lowest BCUT2D eigenvalue weighted by atomic mass is 9.69. The summed E-state index contributed by atoms with van der Waals surface area (Å²) < 4.78 is 0. The molecule has 2 aromatic rings. The number of primary amides is 1. The van der Waals surface area contributed by atoms with E-state index in [1.807, 2.05) is 6.07 Å². The molecule has 7 nitrogen and oxygen atoms in total. The largest absolute Gasteiger partial charge is 0.366 e. The van der Waals surface area contributed by atoms with Crippen LogP contribution in [-0.4, -0.2) is 48.0 Å². The zero-order valence-corrected chi connectivity index (χ0v) is 16.9. The van der Waals surface area contributed by atoms with Crippen LogP contribution in [0, 0.1) is 0 Å². The first kappa shape index (κ1) is 19.4. The van der Waals surface area contributed by atoms with Gasteiger partial charge in [0.15, 0.2) is 0 Å². The SMILES string of the molecule is CN(C)C1(c2ccccc2)CCC2(CC1)CN(c1ccc(C(N)=O)cn1)C(=O)N2. The van der Waals surface area contributed by atoms with Gasteiger partial charge in [0.25, 0.3) is 0 Å². The molecule has 0 radical (unpaired) electrons. The van der Waals surface area contributed by atoms with Gasteiger partial charge >= 0.3 is 6.03 Å². The first-order chi connectivity index (χ1) is 13.9. The summed E-state index contributed by atoms with van der Waals surface area (Å²) in [4.78, 5) is 32.2. The van der Waals surface area contributed by atoms with Crippen LogP contribution in [0.4, 0.5) is 10.6 Å². The number of amides is 3. The second kappa shape index (κ2) is 7.15. The predicted octanol–water partition coefficient (Wildman–Crippen LogP) is 2.48. The number of nitrogens with two attached hydrogens (primary N) is 1. The first-order valence-corrected chi connectivity index (χ1v) is 9.94. The van der Waals surface area contributed by atoms with Gasteiger partial charge in [0.1, 0.15) is 5.82 Å². The van der Waals surface area contributed by atoms with Gasteiger partial charge in [-0.1, -0.05) is 30.3 Å². The average molecular weight is 393 g/mol. The highest BCUT2D eigenvalue weighted by Gasteiger charge is 2.50. The second-order valence-corrected chi connectivity index (χ2v) is 8.36. The number of urea groups is 1. The van der Waals surface area contributed by atoms with E-state index in [2.05, 4.69) is 53.6 Å². The summed E-state index contributed by atoms with van der Waals surface area (Å²) in [5.74, 6) is 0.0106. The van der Waals surface area contributed by atoms with Crippen LogP contribution in [0.2, 0.25) is 0 Å². The van der Waals surface area contributed by atoms with Crippen molar-refractivity contribution < 1.29 is 9.59 Å². The van der Waals surface area contributed by atoms with Crippen LogP contribution in [-0.2, 0) is 5.54 Å². The van der Waals surface area contributed by atoms with Gasteiger partial charge < -0.3 is 11.1 Å². The van der Waals surface area contributed by atoms with Crippen molar-refractivity contribution in [2.75, 3.05) is 25.5 Å². The number of hydrogen-bond donors (Lipinski definition) is 2. The van der Waals surface area contributed by atoms with E-state index in [0.29, 0.717) is 17.9 Å². The van der Waals surface area contributed by atoms with Gasteiger partial charge in [-0.2, -0.15) is 0 Å². The average Bonchev–Trinajstić information content (AvgIpc) is 3.05. The number of nitrogens with zero attached hydrogens (tertiary/aromatic N) is 3. The highest BCUT2D eigenvalue weighted by molar-refractivity contribution is 5.96. The summed E-state index contributed by atoms with van der Waals surface area (Å²) in [5.41, 5.74) is 6.66. The third-order valence-corrected chi connectivity index (χ3v) is 6.59. The molecule has 0 bridgehead atoms. The summed E-state index contributed by atoms with van der Waals surface area (Å²) >= 11 is 0. The summed E-state index contributed by atoms with van der Waals surface area (Å²) in [6.45, 7) is 0.576. The lowest BCUT2D eigenvalue weighted by Crippen LogP contribution is -2.54. The Labute approximate surface area is 170 Å². The van der Waals surface area contributed by atoms with E-state index in [-0.39, 0.29) is 17.1 Å². The summed E-state index contributed by atoms with van der Waals surface area (Å²) in [7, 11) is 4.27. The van der Waals surface area contributed by atoms with Crippen molar-refractivity contribution in [3.05, 3.63) is 59.8 Å². The minimum absolute atomic E-state index is 0.0218. The van der Waals surface area contributed by atoms with Crippen molar-refractivity contribution in [2.45, 2.75) is 36.8 Å². The number of benzene rings is 1. The maximum Gasteiger partial charge on any atom is 0.323 e. The normalized spacial score (nSPS) is 26.7. The number of anilines is 1. The van der Waals surface area contributed by atoms with Crippen LogP contribution >= 0.6 is 0 Å². The second-order valence-electron chi connectivity index (χ2n) is 8.36. The molecule has 1 saturated carbocycles. The highest BCUT2D eigenvalue weighted by Crippen LogP contribution is 2.46. The molecule has 1 aliphatic heterocycles.